The van der Waals surface area contributed by atoms with Gasteiger partial charge in [-0.3, -0.25) is 0 Å². The van der Waals surface area contributed by atoms with Crippen molar-refractivity contribution in [2.75, 3.05) is 0 Å². The summed E-state index contributed by atoms with van der Waals surface area (Å²) in [6.45, 7) is 3.98. The van der Waals surface area contributed by atoms with Crippen molar-refractivity contribution in [3.63, 3.8) is 0 Å². The van der Waals surface area contributed by atoms with Gasteiger partial charge in [-0.2, -0.15) is 5.10 Å². The largest absolute Gasteiger partial charge is 0.489 e. The molecule has 0 fully saturated rings. The fraction of sp³-hybridized carbons (Fsp3) is 0.192. The minimum absolute atomic E-state index is 0.109. The Morgan fingerprint density at radius 2 is 1.83 bits per heavy atom. The van der Waals surface area contributed by atoms with E-state index >= 15 is 0 Å². The standard InChI is InChI=1S/C26H22Cl2FN3O3/c1-16-13-25(19-5-10-22(11-6-19)34-15-18-3-8-21(29)9-4-18)32(30-16)17(2)31-35-26(33)23-12-7-20(27)14-24(23)28/h3-12,14,25H,13,15H2,1-2H3/b31-17-. The van der Waals surface area contributed by atoms with Crippen molar-refractivity contribution in [2.24, 2.45) is 10.3 Å². The van der Waals surface area contributed by atoms with Crippen LogP contribution in [0.2, 0.25) is 10.0 Å². The minimum atomic E-state index is -0.690. The van der Waals surface area contributed by atoms with Crippen LogP contribution in [0.4, 0.5) is 4.39 Å². The van der Waals surface area contributed by atoms with Crippen molar-refractivity contribution in [2.45, 2.75) is 32.9 Å². The molecule has 0 radical (unpaired) electrons. The molecule has 3 aromatic rings. The van der Waals surface area contributed by atoms with Crippen molar-refractivity contribution in [3.05, 3.63) is 99.3 Å². The van der Waals surface area contributed by atoms with Crippen LogP contribution in [-0.4, -0.2) is 22.5 Å². The van der Waals surface area contributed by atoms with Crippen LogP contribution in [0.5, 0.6) is 5.75 Å². The fourth-order valence-electron chi connectivity index (χ4n) is 3.60. The molecule has 0 saturated heterocycles. The molecule has 0 amide bonds. The highest BCUT2D eigenvalue weighted by atomic mass is 35.5. The van der Waals surface area contributed by atoms with Crippen LogP contribution >= 0.6 is 23.2 Å². The zero-order valence-corrected chi connectivity index (χ0v) is 20.6. The number of hydrogen-bond donors (Lipinski definition) is 0. The Balaban J connectivity index is 1.41. The summed E-state index contributed by atoms with van der Waals surface area (Å²) in [6, 6.07) is 18.3. The van der Waals surface area contributed by atoms with E-state index in [1.54, 1.807) is 30.1 Å². The van der Waals surface area contributed by atoms with E-state index in [1.165, 1.54) is 24.3 Å². The Kier molecular flexibility index (Phi) is 7.68. The number of nitrogens with zero attached hydrogens (tertiary/aromatic N) is 3. The average Bonchev–Trinajstić information content (AvgIpc) is 3.24. The van der Waals surface area contributed by atoms with Crippen LogP contribution in [-0.2, 0) is 11.4 Å². The predicted molar refractivity (Wildman–Crippen MR) is 134 cm³/mol. The molecular weight excluding hydrogens is 492 g/mol. The molecule has 1 aliphatic rings. The Morgan fingerprint density at radius 3 is 2.51 bits per heavy atom. The van der Waals surface area contributed by atoms with Gasteiger partial charge in [0.25, 0.3) is 0 Å². The van der Waals surface area contributed by atoms with Gasteiger partial charge in [0, 0.05) is 17.2 Å². The molecule has 4 rings (SSSR count). The quantitative estimate of drug-likeness (QED) is 0.153. The lowest BCUT2D eigenvalue weighted by Crippen LogP contribution is -2.25. The number of carbonyl (C=O) groups excluding carboxylic acids is 1. The van der Waals surface area contributed by atoms with Crippen LogP contribution < -0.4 is 4.74 Å². The second-order valence-corrected chi connectivity index (χ2v) is 8.87. The van der Waals surface area contributed by atoms with Crippen molar-refractivity contribution in [1.29, 1.82) is 0 Å². The summed E-state index contributed by atoms with van der Waals surface area (Å²) in [7, 11) is 0. The number of carbonyl (C=O) groups is 1. The predicted octanol–water partition coefficient (Wildman–Crippen LogP) is 7.02. The van der Waals surface area contributed by atoms with Crippen molar-refractivity contribution in [3.8, 4) is 5.75 Å². The van der Waals surface area contributed by atoms with Gasteiger partial charge in [0.1, 0.15) is 18.2 Å². The fourth-order valence-corrected chi connectivity index (χ4v) is 4.09. The first-order chi connectivity index (χ1) is 16.8. The lowest BCUT2D eigenvalue weighted by molar-refractivity contribution is 0.0508. The van der Waals surface area contributed by atoms with Crippen molar-refractivity contribution in [1.82, 2.24) is 5.01 Å². The molecular formula is C26H22Cl2FN3O3. The molecule has 9 heteroatoms. The molecule has 180 valence electrons. The number of halogens is 3. The first kappa shape index (κ1) is 24.7. The lowest BCUT2D eigenvalue weighted by atomic mass is 10.0. The molecule has 0 aromatic heterocycles. The van der Waals surface area contributed by atoms with E-state index in [0.29, 0.717) is 29.6 Å². The van der Waals surface area contributed by atoms with Gasteiger partial charge in [-0.25, -0.2) is 14.2 Å². The van der Waals surface area contributed by atoms with Crippen LogP contribution in [0.3, 0.4) is 0 Å². The summed E-state index contributed by atoms with van der Waals surface area (Å²) in [4.78, 5) is 17.5. The van der Waals surface area contributed by atoms with Crippen LogP contribution in [0.15, 0.2) is 77.0 Å². The van der Waals surface area contributed by atoms with Gasteiger partial charge in [0.15, 0.2) is 5.84 Å². The van der Waals surface area contributed by atoms with Gasteiger partial charge in [0.05, 0.1) is 16.6 Å². The molecule has 0 N–H and O–H groups in total. The molecule has 0 aliphatic carbocycles. The van der Waals surface area contributed by atoms with E-state index in [4.69, 9.17) is 32.8 Å². The number of benzene rings is 3. The van der Waals surface area contributed by atoms with E-state index in [9.17, 15) is 9.18 Å². The summed E-state index contributed by atoms with van der Waals surface area (Å²) in [5.41, 5.74) is 2.97. The van der Waals surface area contributed by atoms with E-state index in [2.05, 4.69) is 10.3 Å². The molecule has 1 atom stereocenters. The molecule has 0 spiro atoms. The second-order valence-electron chi connectivity index (χ2n) is 8.03. The number of hydrogen-bond acceptors (Lipinski definition) is 5. The summed E-state index contributed by atoms with van der Waals surface area (Å²) in [5, 5.41) is 10.9. The third-order valence-electron chi connectivity index (χ3n) is 5.39. The van der Waals surface area contributed by atoms with Gasteiger partial charge in [0.2, 0.25) is 0 Å². The highest BCUT2D eigenvalue weighted by Crippen LogP contribution is 2.32. The maximum absolute atomic E-state index is 13.1. The molecule has 6 nitrogen and oxygen atoms in total. The van der Waals surface area contributed by atoms with Crippen LogP contribution in [0.1, 0.15) is 47.8 Å². The zero-order chi connectivity index (χ0) is 24.9. The van der Waals surface area contributed by atoms with E-state index < -0.39 is 5.97 Å². The summed E-state index contributed by atoms with van der Waals surface area (Å²) < 4.78 is 18.9. The molecule has 1 unspecified atom stereocenters. The third-order valence-corrected chi connectivity index (χ3v) is 5.94. The molecule has 0 saturated carbocycles. The summed E-state index contributed by atoms with van der Waals surface area (Å²) >= 11 is 12.0. The number of rotatable bonds is 6. The molecule has 0 bridgehead atoms. The van der Waals surface area contributed by atoms with Gasteiger partial charge in [-0.15, -0.1) is 0 Å². The van der Waals surface area contributed by atoms with Gasteiger partial charge < -0.3 is 9.57 Å². The normalized spacial score (nSPS) is 15.7. The minimum Gasteiger partial charge on any atom is -0.489 e. The first-order valence-electron chi connectivity index (χ1n) is 10.8. The van der Waals surface area contributed by atoms with E-state index in [1.807, 2.05) is 31.2 Å². The van der Waals surface area contributed by atoms with E-state index in [-0.39, 0.29) is 22.4 Å². The Bertz CT molecular complexity index is 1280. The maximum atomic E-state index is 13.1. The Labute approximate surface area is 212 Å². The molecule has 1 aliphatic heterocycles. The SMILES string of the molecule is CC1=NN(/C(C)=N\OC(=O)c2ccc(Cl)cc2Cl)C(c2ccc(OCc3ccc(F)cc3)cc2)C1. The number of hydrazone groups is 1. The third kappa shape index (κ3) is 6.18. The zero-order valence-electron chi connectivity index (χ0n) is 19.0. The number of amidine groups is 1. The highest BCUT2D eigenvalue weighted by molar-refractivity contribution is 6.36. The molecule has 3 aromatic carbocycles. The van der Waals surface area contributed by atoms with Gasteiger partial charge in [-0.1, -0.05) is 52.6 Å². The maximum Gasteiger partial charge on any atom is 0.367 e. The number of ether oxygens (including phenoxy) is 1. The highest BCUT2D eigenvalue weighted by Gasteiger charge is 2.28. The van der Waals surface area contributed by atoms with E-state index in [0.717, 1.165) is 16.8 Å². The Hall–Kier alpha value is -3.42. The number of oxime groups is 1. The average molecular weight is 514 g/mol. The summed E-state index contributed by atoms with van der Waals surface area (Å²) in [5.74, 6) is 0.144. The topological polar surface area (TPSA) is 63.5 Å². The molecule has 35 heavy (non-hydrogen) atoms. The van der Waals surface area contributed by atoms with Gasteiger partial charge in [-0.05, 0) is 67.4 Å². The van der Waals surface area contributed by atoms with Crippen molar-refractivity contribution >= 4 is 40.7 Å². The smallest absolute Gasteiger partial charge is 0.367 e. The molecule has 1 heterocycles. The second kappa shape index (κ2) is 10.9. The monoisotopic (exact) mass is 513 g/mol. The Morgan fingerprint density at radius 1 is 1.11 bits per heavy atom. The lowest BCUT2D eigenvalue weighted by Gasteiger charge is -2.23. The summed E-state index contributed by atoms with van der Waals surface area (Å²) in [6.07, 6.45) is 0.694. The van der Waals surface area contributed by atoms with Crippen LogP contribution in [0, 0.1) is 5.82 Å². The van der Waals surface area contributed by atoms with Gasteiger partial charge >= 0.3 is 5.97 Å². The first-order valence-corrected chi connectivity index (χ1v) is 11.6. The van der Waals surface area contributed by atoms with Crippen LogP contribution in [0.25, 0.3) is 0 Å². The van der Waals surface area contributed by atoms with Crippen molar-refractivity contribution < 1.29 is 18.8 Å².